The van der Waals surface area contributed by atoms with Crippen LogP contribution < -0.4 is 5.32 Å². The number of nitro benzene ring substituents is 1. The average molecular weight is 270 g/mol. The molecule has 0 spiro atoms. The monoisotopic (exact) mass is 270 g/mol. The second-order valence-electron chi connectivity index (χ2n) is 4.73. The maximum absolute atomic E-state index is 10.7. The fraction of sp³-hybridized carbons (Fsp3) is 0.250. The van der Waals surface area contributed by atoms with E-state index in [4.69, 9.17) is 0 Å². The molecule has 4 heteroatoms. The lowest BCUT2D eigenvalue weighted by molar-refractivity contribution is -0.384. The summed E-state index contributed by atoms with van der Waals surface area (Å²) in [7, 11) is 0. The molecule has 104 valence electrons. The maximum Gasteiger partial charge on any atom is 0.269 e. The van der Waals surface area contributed by atoms with Gasteiger partial charge in [0, 0.05) is 24.4 Å². The van der Waals surface area contributed by atoms with Gasteiger partial charge in [-0.15, -0.1) is 0 Å². The zero-order valence-corrected chi connectivity index (χ0v) is 11.7. The van der Waals surface area contributed by atoms with E-state index in [-0.39, 0.29) is 10.6 Å². The summed E-state index contributed by atoms with van der Waals surface area (Å²) in [4.78, 5) is 10.3. The highest BCUT2D eigenvalue weighted by Crippen LogP contribution is 2.22. The van der Waals surface area contributed by atoms with Crippen molar-refractivity contribution >= 4 is 11.4 Å². The molecule has 20 heavy (non-hydrogen) atoms. The van der Waals surface area contributed by atoms with Gasteiger partial charge in [-0.25, -0.2) is 0 Å². The molecule has 0 atom stereocenters. The van der Waals surface area contributed by atoms with Crippen molar-refractivity contribution < 1.29 is 4.92 Å². The number of benzene rings is 2. The number of rotatable bonds is 5. The van der Waals surface area contributed by atoms with Crippen LogP contribution >= 0.6 is 0 Å². The third-order valence-electron chi connectivity index (χ3n) is 3.39. The minimum absolute atomic E-state index is 0.127. The molecule has 4 nitrogen and oxygen atoms in total. The van der Waals surface area contributed by atoms with E-state index in [1.54, 1.807) is 12.1 Å². The van der Waals surface area contributed by atoms with Crippen LogP contribution in [0.3, 0.4) is 0 Å². The topological polar surface area (TPSA) is 55.2 Å². The highest BCUT2D eigenvalue weighted by atomic mass is 16.6. The van der Waals surface area contributed by atoms with Crippen molar-refractivity contribution in [3.63, 3.8) is 0 Å². The molecule has 0 bridgehead atoms. The Hall–Kier alpha value is -2.36. The highest BCUT2D eigenvalue weighted by molar-refractivity contribution is 5.55. The maximum atomic E-state index is 10.7. The number of hydrogen-bond acceptors (Lipinski definition) is 3. The summed E-state index contributed by atoms with van der Waals surface area (Å²) < 4.78 is 0. The van der Waals surface area contributed by atoms with Crippen LogP contribution in [0, 0.1) is 17.0 Å². The summed E-state index contributed by atoms with van der Waals surface area (Å²) in [6.45, 7) is 4.74. The van der Waals surface area contributed by atoms with Crippen LogP contribution in [-0.2, 0) is 13.0 Å². The third kappa shape index (κ3) is 3.15. The highest BCUT2D eigenvalue weighted by Gasteiger charge is 2.08. The smallest absolute Gasteiger partial charge is 0.269 e. The van der Waals surface area contributed by atoms with E-state index in [2.05, 4.69) is 24.4 Å². The molecule has 0 aromatic heterocycles. The quantitative estimate of drug-likeness (QED) is 0.658. The van der Waals surface area contributed by atoms with Crippen LogP contribution in [-0.4, -0.2) is 4.92 Å². The molecule has 2 aromatic carbocycles. The van der Waals surface area contributed by atoms with Crippen LogP contribution in [0.4, 0.5) is 11.4 Å². The summed E-state index contributed by atoms with van der Waals surface area (Å²) in [5.74, 6) is 0. The van der Waals surface area contributed by atoms with Gasteiger partial charge in [-0.2, -0.15) is 0 Å². The molecule has 0 aliphatic carbocycles. The van der Waals surface area contributed by atoms with Crippen molar-refractivity contribution in [1.82, 2.24) is 0 Å². The van der Waals surface area contributed by atoms with Crippen LogP contribution in [0.25, 0.3) is 0 Å². The molecule has 0 heterocycles. The van der Waals surface area contributed by atoms with Crippen LogP contribution in [0.15, 0.2) is 42.5 Å². The number of nitrogens with zero attached hydrogens (tertiary/aromatic N) is 1. The average Bonchev–Trinajstić information content (AvgIpc) is 2.46. The van der Waals surface area contributed by atoms with Gasteiger partial charge in [0.2, 0.25) is 0 Å². The van der Waals surface area contributed by atoms with E-state index in [0.29, 0.717) is 0 Å². The van der Waals surface area contributed by atoms with Crippen molar-refractivity contribution in [2.24, 2.45) is 0 Å². The fourth-order valence-electron chi connectivity index (χ4n) is 2.23. The van der Waals surface area contributed by atoms with Gasteiger partial charge in [0.15, 0.2) is 0 Å². The first kappa shape index (κ1) is 14.1. The zero-order valence-electron chi connectivity index (χ0n) is 11.7. The molecule has 1 N–H and O–H groups in total. The van der Waals surface area contributed by atoms with Gasteiger partial charge >= 0.3 is 0 Å². The molecule has 0 fully saturated rings. The first-order valence-electron chi connectivity index (χ1n) is 6.67. The molecular weight excluding hydrogens is 252 g/mol. The van der Waals surface area contributed by atoms with Gasteiger partial charge < -0.3 is 5.32 Å². The second kappa shape index (κ2) is 6.19. The summed E-state index contributed by atoms with van der Waals surface area (Å²) in [5, 5.41) is 14.1. The van der Waals surface area contributed by atoms with E-state index in [1.165, 1.54) is 17.2 Å². The summed E-state index contributed by atoms with van der Waals surface area (Å²) in [6, 6.07) is 13.2. The summed E-state index contributed by atoms with van der Waals surface area (Å²) in [6.07, 6.45) is 0.997. The van der Waals surface area contributed by atoms with Gasteiger partial charge in [0.25, 0.3) is 5.69 Å². The second-order valence-corrected chi connectivity index (χ2v) is 4.73. The van der Waals surface area contributed by atoms with Gasteiger partial charge in [-0.1, -0.05) is 31.2 Å². The third-order valence-corrected chi connectivity index (χ3v) is 3.39. The number of nitro groups is 1. The first-order chi connectivity index (χ1) is 9.61. The Labute approximate surface area is 118 Å². The Morgan fingerprint density at radius 2 is 1.85 bits per heavy atom. The molecule has 0 saturated carbocycles. The predicted octanol–water partition coefficient (Wildman–Crippen LogP) is 4.08. The van der Waals surface area contributed by atoms with Gasteiger partial charge in [0.1, 0.15) is 0 Å². The number of hydrogen-bond donors (Lipinski definition) is 1. The molecular formula is C16H18N2O2. The molecule has 0 aliphatic rings. The number of anilines is 1. The lowest BCUT2D eigenvalue weighted by atomic mass is 10.1. The molecule has 0 aliphatic heterocycles. The fourth-order valence-corrected chi connectivity index (χ4v) is 2.23. The standard InChI is InChI=1S/C16H18N2O2/c1-3-13-6-4-5-7-14(13)11-17-16-9-8-15(18(19)20)10-12(16)2/h4-10,17H,3,11H2,1-2H3. The SMILES string of the molecule is CCc1ccccc1CNc1ccc([N+](=O)[O-])cc1C. The molecule has 0 unspecified atom stereocenters. The van der Waals surface area contributed by atoms with E-state index >= 15 is 0 Å². The normalized spacial score (nSPS) is 10.3. The number of aryl methyl sites for hydroxylation is 2. The van der Waals surface area contributed by atoms with Gasteiger partial charge in [-0.3, -0.25) is 10.1 Å². The number of nitrogens with one attached hydrogen (secondary N) is 1. The molecule has 2 aromatic rings. The van der Waals surface area contributed by atoms with Crippen molar-refractivity contribution in [1.29, 1.82) is 0 Å². The van der Waals surface area contributed by atoms with E-state index in [1.807, 2.05) is 19.1 Å². The van der Waals surface area contributed by atoms with Gasteiger partial charge in [0.05, 0.1) is 4.92 Å². The Bertz CT molecular complexity index is 624. The largest absolute Gasteiger partial charge is 0.381 e. The Balaban J connectivity index is 2.13. The van der Waals surface area contributed by atoms with E-state index in [9.17, 15) is 10.1 Å². The lowest BCUT2D eigenvalue weighted by Gasteiger charge is -2.12. The van der Waals surface area contributed by atoms with Gasteiger partial charge in [-0.05, 0) is 36.1 Å². The molecule has 0 radical (unpaired) electrons. The molecule has 2 rings (SSSR count). The Morgan fingerprint density at radius 3 is 2.45 bits per heavy atom. The molecule has 0 amide bonds. The molecule has 0 saturated heterocycles. The Morgan fingerprint density at radius 1 is 1.15 bits per heavy atom. The lowest BCUT2D eigenvalue weighted by Crippen LogP contribution is -2.04. The Kier molecular flexibility index (Phi) is 4.35. The van der Waals surface area contributed by atoms with Crippen LogP contribution in [0.2, 0.25) is 0 Å². The predicted molar refractivity (Wildman–Crippen MR) is 81.0 cm³/mol. The van der Waals surface area contributed by atoms with Crippen molar-refractivity contribution in [3.8, 4) is 0 Å². The van der Waals surface area contributed by atoms with E-state index < -0.39 is 0 Å². The van der Waals surface area contributed by atoms with Crippen LogP contribution in [0.5, 0.6) is 0 Å². The summed E-state index contributed by atoms with van der Waals surface area (Å²) in [5.41, 5.74) is 4.52. The van der Waals surface area contributed by atoms with Crippen molar-refractivity contribution in [2.75, 3.05) is 5.32 Å². The minimum atomic E-state index is -0.372. The van der Waals surface area contributed by atoms with Crippen molar-refractivity contribution in [2.45, 2.75) is 26.8 Å². The van der Waals surface area contributed by atoms with Crippen molar-refractivity contribution in [3.05, 3.63) is 69.3 Å². The number of non-ortho nitro benzene ring substituents is 1. The van der Waals surface area contributed by atoms with E-state index in [0.717, 1.165) is 24.2 Å². The summed E-state index contributed by atoms with van der Waals surface area (Å²) >= 11 is 0. The first-order valence-corrected chi connectivity index (χ1v) is 6.67. The minimum Gasteiger partial charge on any atom is -0.381 e. The van der Waals surface area contributed by atoms with Crippen LogP contribution in [0.1, 0.15) is 23.6 Å². The zero-order chi connectivity index (χ0) is 14.5.